The van der Waals surface area contributed by atoms with Gasteiger partial charge in [0.15, 0.2) is 11.2 Å². The predicted octanol–water partition coefficient (Wildman–Crippen LogP) is 3.04. The first-order valence-electron chi connectivity index (χ1n) is 10.3. The third-order valence-corrected chi connectivity index (χ3v) is 5.78. The number of nitrogens with zero attached hydrogens (tertiary/aromatic N) is 5. The zero-order valence-corrected chi connectivity index (χ0v) is 17.8. The van der Waals surface area contributed by atoms with Crippen molar-refractivity contribution in [3.8, 4) is 0 Å². The van der Waals surface area contributed by atoms with E-state index in [2.05, 4.69) is 44.7 Å². The standard InChI is InChI=1S/C22H29N5O2/c1-14(2)10-11-25-20(28)18-19(24(5)22(25)29)23-21-26(12-15(3)13-27(18)21)17-9-7-6-8-16(17)4/h6-9,14-15H,10-13H2,1-5H3/t15-/m1/s1. The molecule has 0 fully saturated rings. The highest BCUT2D eigenvalue weighted by molar-refractivity contribution is 5.77. The molecule has 3 aromatic rings. The first kappa shape index (κ1) is 19.5. The van der Waals surface area contributed by atoms with Gasteiger partial charge < -0.3 is 9.47 Å². The van der Waals surface area contributed by atoms with E-state index in [4.69, 9.17) is 4.98 Å². The second kappa shape index (κ2) is 7.21. The van der Waals surface area contributed by atoms with E-state index in [1.54, 1.807) is 7.05 Å². The predicted molar refractivity (Wildman–Crippen MR) is 116 cm³/mol. The Morgan fingerprint density at radius 3 is 2.59 bits per heavy atom. The van der Waals surface area contributed by atoms with Crippen LogP contribution in [0.4, 0.5) is 11.6 Å². The highest BCUT2D eigenvalue weighted by atomic mass is 16.2. The van der Waals surface area contributed by atoms with Crippen molar-refractivity contribution < 1.29 is 0 Å². The molecule has 0 radical (unpaired) electrons. The van der Waals surface area contributed by atoms with Gasteiger partial charge in [-0.05, 0) is 36.8 Å². The van der Waals surface area contributed by atoms with Crippen LogP contribution in [0.1, 0.15) is 32.8 Å². The van der Waals surface area contributed by atoms with Gasteiger partial charge in [-0.2, -0.15) is 4.98 Å². The lowest BCUT2D eigenvalue weighted by Gasteiger charge is -2.33. The van der Waals surface area contributed by atoms with Gasteiger partial charge in [0, 0.05) is 32.4 Å². The fourth-order valence-corrected chi connectivity index (χ4v) is 4.16. The molecular formula is C22H29N5O2. The first-order valence-corrected chi connectivity index (χ1v) is 10.3. The molecule has 0 unspecified atom stereocenters. The van der Waals surface area contributed by atoms with Gasteiger partial charge >= 0.3 is 5.69 Å². The lowest BCUT2D eigenvalue weighted by molar-refractivity contribution is 0.455. The number of imidazole rings is 1. The van der Waals surface area contributed by atoms with Gasteiger partial charge in [0.05, 0.1) is 0 Å². The molecule has 2 aromatic heterocycles. The van der Waals surface area contributed by atoms with Gasteiger partial charge in [-0.3, -0.25) is 13.9 Å². The van der Waals surface area contributed by atoms with Gasteiger partial charge in [0.2, 0.25) is 5.95 Å². The Balaban J connectivity index is 1.97. The van der Waals surface area contributed by atoms with E-state index < -0.39 is 0 Å². The number of hydrogen-bond acceptors (Lipinski definition) is 4. The summed E-state index contributed by atoms with van der Waals surface area (Å²) in [5, 5.41) is 0. The molecule has 0 saturated carbocycles. The van der Waals surface area contributed by atoms with E-state index in [0.29, 0.717) is 36.1 Å². The van der Waals surface area contributed by atoms with Gasteiger partial charge in [-0.1, -0.05) is 39.0 Å². The van der Waals surface area contributed by atoms with Crippen LogP contribution >= 0.6 is 0 Å². The summed E-state index contributed by atoms with van der Waals surface area (Å²) in [6.45, 7) is 10.4. The molecule has 1 aromatic carbocycles. The van der Waals surface area contributed by atoms with Crippen LogP contribution in [0, 0.1) is 18.8 Å². The van der Waals surface area contributed by atoms with Crippen LogP contribution in [0.25, 0.3) is 11.2 Å². The molecule has 0 saturated heterocycles. The van der Waals surface area contributed by atoms with Crippen molar-refractivity contribution in [3.05, 3.63) is 50.7 Å². The van der Waals surface area contributed by atoms with E-state index in [0.717, 1.165) is 30.2 Å². The minimum Gasteiger partial charge on any atom is -0.311 e. The van der Waals surface area contributed by atoms with Crippen LogP contribution in [-0.2, 0) is 20.1 Å². The summed E-state index contributed by atoms with van der Waals surface area (Å²) < 4.78 is 4.89. The van der Waals surface area contributed by atoms with E-state index in [1.807, 2.05) is 16.7 Å². The molecular weight excluding hydrogens is 366 g/mol. The number of anilines is 2. The summed E-state index contributed by atoms with van der Waals surface area (Å²) in [7, 11) is 1.70. The molecule has 0 spiro atoms. The van der Waals surface area contributed by atoms with Crippen molar-refractivity contribution >= 4 is 22.8 Å². The van der Waals surface area contributed by atoms with E-state index in [1.165, 1.54) is 9.13 Å². The van der Waals surface area contributed by atoms with Crippen LogP contribution in [0.15, 0.2) is 33.9 Å². The maximum Gasteiger partial charge on any atom is 0.332 e. The largest absolute Gasteiger partial charge is 0.332 e. The summed E-state index contributed by atoms with van der Waals surface area (Å²) >= 11 is 0. The normalized spacial score (nSPS) is 16.6. The molecule has 7 heteroatoms. The first-order chi connectivity index (χ1) is 13.8. The van der Waals surface area contributed by atoms with E-state index in [-0.39, 0.29) is 11.2 Å². The number of para-hydroxylation sites is 1. The Morgan fingerprint density at radius 1 is 1.17 bits per heavy atom. The molecule has 1 aliphatic rings. The highest BCUT2D eigenvalue weighted by Crippen LogP contribution is 2.34. The van der Waals surface area contributed by atoms with Crippen molar-refractivity contribution in [2.24, 2.45) is 18.9 Å². The number of aromatic nitrogens is 4. The molecule has 0 N–H and O–H groups in total. The molecule has 0 amide bonds. The molecule has 1 aliphatic heterocycles. The van der Waals surface area contributed by atoms with Gasteiger partial charge in [-0.25, -0.2) is 4.79 Å². The van der Waals surface area contributed by atoms with Crippen LogP contribution in [0.3, 0.4) is 0 Å². The van der Waals surface area contributed by atoms with Gasteiger partial charge in [0.25, 0.3) is 5.56 Å². The molecule has 154 valence electrons. The van der Waals surface area contributed by atoms with Crippen LogP contribution in [0.5, 0.6) is 0 Å². The molecule has 1 atom stereocenters. The summed E-state index contributed by atoms with van der Waals surface area (Å²) in [5.41, 5.74) is 2.69. The monoisotopic (exact) mass is 395 g/mol. The SMILES string of the molecule is Cc1ccccc1N1C[C@@H](C)Cn2c1nc1c2c(=O)n(CCC(C)C)c(=O)n1C. The van der Waals surface area contributed by atoms with Crippen molar-refractivity contribution in [2.75, 3.05) is 11.4 Å². The van der Waals surface area contributed by atoms with Crippen molar-refractivity contribution in [1.82, 2.24) is 18.7 Å². The number of aryl methyl sites for hydroxylation is 2. The zero-order chi connectivity index (χ0) is 20.9. The molecule has 0 aliphatic carbocycles. The second-order valence-corrected chi connectivity index (χ2v) is 8.68. The summed E-state index contributed by atoms with van der Waals surface area (Å²) in [4.78, 5) is 33.2. The lowest BCUT2D eigenvalue weighted by atomic mass is 10.1. The van der Waals surface area contributed by atoms with Crippen molar-refractivity contribution in [2.45, 2.75) is 47.2 Å². The van der Waals surface area contributed by atoms with Gasteiger partial charge in [-0.15, -0.1) is 0 Å². The molecule has 29 heavy (non-hydrogen) atoms. The molecule has 3 heterocycles. The fraction of sp³-hybridized carbons (Fsp3) is 0.500. The number of fused-ring (bicyclic) bond motifs is 3. The van der Waals surface area contributed by atoms with Crippen LogP contribution < -0.4 is 16.1 Å². The fourth-order valence-electron chi connectivity index (χ4n) is 4.16. The smallest absolute Gasteiger partial charge is 0.311 e. The number of rotatable bonds is 4. The average molecular weight is 396 g/mol. The summed E-state index contributed by atoms with van der Waals surface area (Å²) in [5.74, 6) is 1.50. The average Bonchev–Trinajstić information content (AvgIpc) is 3.05. The Hall–Kier alpha value is -2.83. The second-order valence-electron chi connectivity index (χ2n) is 8.68. The Bertz CT molecular complexity index is 1180. The minimum atomic E-state index is -0.297. The molecule has 7 nitrogen and oxygen atoms in total. The van der Waals surface area contributed by atoms with Crippen LogP contribution in [-0.4, -0.2) is 25.2 Å². The summed E-state index contributed by atoms with van der Waals surface area (Å²) in [6, 6.07) is 8.20. The third kappa shape index (κ3) is 3.18. The van der Waals surface area contributed by atoms with E-state index in [9.17, 15) is 9.59 Å². The third-order valence-electron chi connectivity index (χ3n) is 5.78. The Labute approximate surface area is 170 Å². The molecule has 4 rings (SSSR count). The topological polar surface area (TPSA) is 65.1 Å². The Kier molecular flexibility index (Phi) is 4.84. The zero-order valence-electron chi connectivity index (χ0n) is 17.8. The maximum absolute atomic E-state index is 13.3. The van der Waals surface area contributed by atoms with E-state index >= 15 is 0 Å². The highest BCUT2D eigenvalue weighted by Gasteiger charge is 2.30. The maximum atomic E-state index is 13.3. The quantitative estimate of drug-likeness (QED) is 0.681. The van der Waals surface area contributed by atoms with Crippen molar-refractivity contribution in [1.29, 1.82) is 0 Å². The Morgan fingerprint density at radius 2 is 1.90 bits per heavy atom. The molecule has 0 bridgehead atoms. The number of benzene rings is 1. The lowest BCUT2D eigenvalue weighted by Crippen LogP contribution is -2.40. The van der Waals surface area contributed by atoms with Gasteiger partial charge in [0.1, 0.15) is 0 Å². The van der Waals surface area contributed by atoms with Crippen LogP contribution in [0.2, 0.25) is 0 Å². The number of hydrogen-bond donors (Lipinski definition) is 0. The summed E-state index contributed by atoms with van der Waals surface area (Å²) in [6.07, 6.45) is 0.785. The minimum absolute atomic E-state index is 0.235. The van der Waals surface area contributed by atoms with Crippen molar-refractivity contribution in [3.63, 3.8) is 0 Å².